The van der Waals surface area contributed by atoms with Crippen LogP contribution in [0.15, 0.2) is 47.3 Å². The van der Waals surface area contributed by atoms with Crippen molar-refractivity contribution in [1.82, 2.24) is 9.78 Å². The third-order valence-electron chi connectivity index (χ3n) is 3.26. The van der Waals surface area contributed by atoms with Gasteiger partial charge in [-0.15, -0.1) is 0 Å². The van der Waals surface area contributed by atoms with Crippen LogP contribution in [0.4, 0.5) is 5.69 Å². The Morgan fingerprint density at radius 2 is 2.05 bits per heavy atom. The van der Waals surface area contributed by atoms with Crippen LogP contribution >= 0.6 is 11.6 Å². The number of hydrogen-bond donors (Lipinski definition) is 2. The van der Waals surface area contributed by atoms with E-state index in [4.69, 9.17) is 16.8 Å². The highest BCUT2D eigenvalue weighted by molar-refractivity contribution is 6.31. The summed E-state index contributed by atoms with van der Waals surface area (Å²) in [5.74, 6) is 0. The van der Waals surface area contributed by atoms with E-state index in [0.29, 0.717) is 22.5 Å². The van der Waals surface area contributed by atoms with Crippen molar-refractivity contribution >= 4 is 28.2 Å². The Morgan fingerprint density at radius 3 is 2.76 bits per heavy atom. The lowest BCUT2D eigenvalue weighted by molar-refractivity contribution is 0.296. The fourth-order valence-electron chi connectivity index (χ4n) is 2.22. The largest absolute Gasteiger partial charge is 0.733 e. The lowest BCUT2D eigenvalue weighted by atomic mass is 10.2. The molecule has 0 aliphatic carbocycles. The highest BCUT2D eigenvalue weighted by Gasteiger charge is 2.09. The summed E-state index contributed by atoms with van der Waals surface area (Å²) in [6.45, 7) is 0.401. The van der Waals surface area contributed by atoms with E-state index in [1.54, 1.807) is 16.8 Å². The molecule has 6 nitrogen and oxygen atoms in total. The molecule has 3 aromatic rings. The molecule has 0 spiro atoms. The van der Waals surface area contributed by atoms with Gasteiger partial charge < -0.3 is 10.4 Å². The Hall–Kier alpha value is -2.28. The summed E-state index contributed by atoms with van der Waals surface area (Å²) in [5, 5.41) is 23.1. The Labute approximate surface area is 124 Å². The van der Waals surface area contributed by atoms with Crippen molar-refractivity contribution in [3.8, 4) is 0 Å². The molecule has 2 N–H and O–H groups in total. The van der Waals surface area contributed by atoms with Gasteiger partial charge in [0, 0.05) is 5.02 Å². The number of fused-ring (bicyclic) bond motifs is 1. The summed E-state index contributed by atoms with van der Waals surface area (Å²) < 4.78 is 1.65. The van der Waals surface area contributed by atoms with E-state index in [1.807, 2.05) is 18.2 Å². The second-order valence-corrected chi connectivity index (χ2v) is 5.00. The molecule has 0 atom stereocenters. The molecular formula is C14H11ClN3O3-. The zero-order chi connectivity index (χ0) is 15.0. The van der Waals surface area contributed by atoms with Crippen molar-refractivity contribution in [2.24, 2.45) is 0 Å². The summed E-state index contributed by atoms with van der Waals surface area (Å²) in [5.41, 5.74) is 1.17. The van der Waals surface area contributed by atoms with Gasteiger partial charge in [0.2, 0.25) is 0 Å². The monoisotopic (exact) mass is 304 g/mol. The molecule has 0 unspecified atom stereocenters. The predicted octanol–water partition coefficient (Wildman–Crippen LogP) is 2.72. The van der Waals surface area contributed by atoms with Crippen molar-refractivity contribution in [1.29, 1.82) is 0 Å². The number of aromatic amines is 1. The van der Waals surface area contributed by atoms with Gasteiger partial charge in [0.1, 0.15) is 0 Å². The lowest BCUT2D eigenvalue weighted by Gasteiger charge is -2.21. The normalized spacial score (nSPS) is 11.0. The van der Waals surface area contributed by atoms with Crippen molar-refractivity contribution in [3.05, 3.63) is 68.6 Å². The number of hydrogen-bond acceptors (Lipinski definition) is 4. The van der Waals surface area contributed by atoms with E-state index in [2.05, 4.69) is 5.10 Å². The molecule has 1 heterocycles. The smallest absolute Gasteiger partial charge is 0.272 e. The quantitative estimate of drug-likeness (QED) is 0.729. The minimum Gasteiger partial charge on any atom is -0.733 e. The zero-order valence-electron chi connectivity index (χ0n) is 10.8. The van der Waals surface area contributed by atoms with E-state index >= 15 is 0 Å². The van der Waals surface area contributed by atoms with Gasteiger partial charge in [-0.2, -0.15) is 0 Å². The number of nitrogens with one attached hydrogen (secondary N) is 1. The molecule has 0 amide bonds. The number of H-pyrrole nitrogens is 1. The molecule has 21 heavy (non-hydrogen) atoms. The fourth-order valence-corrected chi connectivity index (χ4v) is 2.42. The maximum atomic E-state index is 11.9. The van der Waals surface area contributed by atoms with Crippen molar-refractivity contribution in [3.63, 3.8) is 0 Å². The highest BCUT2D eigenvalue weighted by atomic mass is 35.5. The van der Waals surface area contributed by atoms with E-state index in [1.165, 1.54) is 12.1 Å². The minimum atomic E-state index is -0.333. The van der Waals surface area contributed by atoms with Crippen LogP contribution in [0.1, 0.15) is 5.56 Å². The molecule has 1 aromatic heterocycles. The van der Waals surface area contributed by atoms with Gasteiger partial charge in [-0.25, -0.2) is 0 Å². The second-order valence-electron chi connectivity index (χ2n) is 4.59. The fraction of sp³-hybridized carbons (Fsp3) is 0.0714. The average Bonchev–Trinajstić information content (AvgIpc) is 2.77. The molecule has 108 valence electrons. The van der Waals surface area contributed by atoms with E-state index < -0.39 is 0 Å². The van der Waals surface area contributed by atoms with E-state index in [-0.39, 0.29) is 16.5 Å². The third kappa shape index (κ3) is 2.52. The molecule has 0 saturated heterocycles. The molecule has 3 rings (SSSR count). The number of rotatable bonds is 3. The van der Waals surface area contributed by atoms with Gasteiger partial charge in [0.25, 0.3) is 5.56 Å². The number of nitrogens with zero attached hydrogens (tertiary/aromatic N) is 2. The summed E-state index contributed by atoms with van der Waals surface area (Å²) in [6.07, 6.45) is 0. The maximum Gasteiger partial charge on any atom is 0.272 e. The summed E-state index contributed by atoms with van der Waals surface area (Å²) in [6, 6.07) is 11.7. The molecular weight excluding hydrogens is 294 g/mol. The third-order valence-corrected chi connectivity index (χ3v) is 3.63. The Balaban J connectivity index is 2.08. The van der Waals surface area contributed by atoms with Crippen LogP contribution in [-0.4, -0.2) is 15.0 Å². The first kappa shape index (κ1) is 13.7. The molecule has 0 aliphatic heterocycles. The van der Waals surface area contributed by atoms with Crippen molar-refractivity contribution in [2.75, 3.05) is 5.23 Å². The summed E-state index contributed by atoms with van der Waals surface area (Å²) in [7, 11) is 0. The van der Waals surface area contributed by atoms with Crippen LogP contribution in [0.25, 0.3) is 10.9 Å². The van der Waals surface area contributed by atoms with Crippen LogP contribution in [0.5, 0.6) is 0 Å². The van der Waals surface area contributed by atoms with Crippen molar-refractivity contribution in [2.45, 2.75) is 6.54 Å². The molecule has 0 radical (unpaired) electrons. The van der Waals surface area contributed by atoms with E-state index in [9.17, 15) is 10.0 Å². The Bertz CT molecular complexity index is 854. The predicted molar refractivity (Wildman–Crippen MR) is 80.7 cm³/mol. The molecule has 2 aromatic carbocycles. The number of anilines is 1. The van der Waals surface area contributed by atoms with Gasteiger partial charge in [-0.05, 0) is 29.8 Å². The first-order valence-corrected chi connectivity index (χ1v) is 6.56. The molecule has 0 bridgehead atoms. The van der Waals surface area contributed by atoms with Gasteiger partial charge >= 0.3 is 0 Å². The summed E-state index contributed by atoms with van der Waals surface area (Å²) in [4.78, 5) is 11.9. The Kier molecular flexibility index (Phi) is 3.42. The zero-order valence-corrected chi connectivity index (χ0v) is 11.5. The van der Waals surface area contributed by atoms with Crippen LogP contribution in [-0.2, 0) is 6.54 Å². The van der Waals surface area contributed by atoms with Crippen LogP contribution in [0, 0.1) is 5.21 Å². The van der Waals surface area contributed by atoms with Gasteiger partial charge in [-0.3, -0.25) is 19.8 Å². The standard InChI is InChI=1S/C14H11ClN3O3/c15-12-4-2-1-3-9(12)8-17-13-6-5-10(18(20)21)7-11(13)14(19)16-17/h1-7,20H,8H2,(H,16,19)/q-1. The molecule has 7 heteroatoms. The van der Waals surface area contributed by atoms with Gasteiger partial charge in [-0.1, -0.05) is 29.8 Å². The first-order chi connectivity index (χ1) is 10.1. The molecule has 0 aliphatic rings. The number of benzene rings is 2. The van der Waals surface area contributed by atoms with Crippen molar-refractivity contribution < 1.29 is 5.21 Å². The van der Waals surface area contributed by atoms with Gasteiger partial charge in [0.15, 0.2) is 0 Å². The van der Waals surface area contributed by atoms with Crippen LogP contribution < -0.4 is 10.8 Å². The molecule has 0 saturated carbocycles. The van der Waals surface area contributed by atoms with Crippen LogP contribution in [0.2, 0.25) is 5.02 Å². The minimum absolute atomic E-state index is 0.00323. The van der Waals surface area contributed by atoms with Gasteiger partial charge in [0.05, 0.1) is 23.1 Å². The van der Waals surface area contributed by atoms with E-state index in [0.717, 1.165) is 5.56 Å². The second kappa shape index (κ2) is 5.25. The first-order valence-electron chi connectivity index (χ1n) is 6.18. The number of halogens is 1. The maximum absolute atomic E-state index is 11.9. The number of aromatic nitrogens is 2. The lowest BCUT2D eigenvalue weighted by Crippen LogP contribution is -2.07. The molecule has 0 fully saturated rings. The average molecular weight is 305 g/mol. The highest BCUT2D eigenvalue weighted by Crippen LogP contribution is 2.21. The topological polar surface area (TPSA) is 84.3 Å². The van der Waals surface area contributed by atoms with Crippen LogP contribution in [0.3, 0.4) is 0 Å². The summed E-state index contributed by atoms with van der Waals surface area (Å²) >= 11 is 6.11. The Morgan fingerprint density at radius 1 is 1.29 bits per heavy atom. The SMILES string of the molecule is O=c1[nH]n(Cc2ccccc2Cl)c2ccc(N([O-])O)cc12.